The molecule has 5 aromatic rings. The van der Waals surface area contributed by atoms with Crippen LogP contribution in [-0.2, 0) is 42.1 Å². The molecular formula is C71H110FN13O3. The predicted octanol–water partition coefficient (Wildman–Crippen LogP) is 14.4. The number of hydrogen-bond donors (Lipinski definition) is 0. The van der Waals surface area contributed by atoms with E-state index in [2.05, 4.69) is 186 Å². The normalized spacial score (nSPS) is 15.0. The predicted molar refractivity (Wildman–Crippen MR) is 362 cm³/mol. The van der Waals surface area contributed by atoms with Crippen molar-refractivity contribution < 1.29 is 18.8 Å². The topological polar surface area (TPSA) is 150 Å². The van der Waals surface area contributed by atoms with Gasteiger partial charge in [0.25, 0.3) is 0 Å². The third-order valence-corrected chi connectivity index (χ3v) is 13.6. The zero-order chi connectivity index (χ0) is 68.0. The van der Waals surface area contributed by atoms with Gasteiger partial charge in [-0.15, -0.1) is 17.9 Å². The van der Waals surface area contributed by atoms with Crippen LogP contribution in [-0.4, -0.2) is 118 Å². The van der Waals surface area contributed by atoms with Gasteiger partial charge in [0.1, 0.15) is 11.5 Å². The number of hydrogen-bond acceptors (Lipinski definition) is 8. The molecule has 3 amide bonds. The van der Waals surface area contributed by atoms with Crippen LogP contribution in [0.5, 0.6) is 0 Å². The quantitative estimate of drug-likeness (QED) is 0.128. The molecule has 0 saturated carbocycles. The summed E-state index contributed by atoms with van der Waals surface area (Å²) in [5.74, 6) is 7.21. The highest BCUT2D eigenvalue weighted by molar-refractivity contribution is 5.90. The van der Waals surface area contributed by atoms with Crippen LogP contribution in [0.2, 0.25) is 0 Å². The van der Waals surface area contributed by atoms with Crippen molar-refractivity contribution in [3.63, 3.8) is 0 Å². The SMILES string of the molecule is C#Cc1ccn(C(C)(C)C)n1.C#Cc1nccn1C(C)(C)C.C=CC(=O)N1CCC(C(C)(C)C)C1.C=Cc1ccn(C(C)(C)C)n1.C=Cc1nccn1C(C)(C)C.CC(C)(C)N1CC=CC1=O.CC(C)(C)N1CCC=CC1=O.CC(C)(C)n1ccc(F)n1. The Morgan fingerprint density at radius 2 is 1.06 bits per heavy atom. The molecule has 3 aliphatic rings. The number of aromatic nitrogens is 10. The van der Waals surface area contributed by atoms with E-state index in [-0.39, 0.29) is 56.5 Å². The summed E-state index contributed by atoms with van der Waals surface area (Å²) in [6.07, 6.45) is 37.5. The highest BCUT2D eigenvalue weighted by atomic mass is 19.1. The van der Waals surface area contributed by atoms with E-state index in [1.165, 1.54) is 12.1 Å². The fourth-order valence-corrected chi connectivity index (χ4v) is 8.35. The Hall–Kier alpha value is -7.79. The van der Waals surface area contributed by atoms with Gasteiger partial charge >= 0.3 is 0 Å². The molecule has 0 N–H and O–H groups in total. The van der Waals surface area contributed by atoms with Gasteiger partial charge in [-0.25, -0.2) is 9.97 Å². The maximum atomic E-state index is 12.3. The molecule has 1 fully saturated rings. The molecule has 0 aliphatic carbocycles. The van der Waals surface area contributed by atoms with Gasteiger partial charge in [-0.2, -0.15) is 14.6 Å². The largest absolute Gasteiger partial charge is 0.339 e. The minimum atomic E-state index is -0.421. The van der Waals surface area contributed by atoms with E-state index in [9.17, 15) is 18.8 Å². The first-order valence-corrected chi connectivity index (χ1v) is 30.1. The third-order valence-electron chi connectivity index (χ3n) is 13.6. The van der Waals surface area contributed by atoms with E-state index >= 15 is 0 Å². The Balaban J connectivity index is 0.000000503. The van der Waals surface area contributed by atoms with Gasteiger partial charge in [0.05, 0.1) is 22.3 Å². The van der Waals surface area contributed by atoms with Crippen LogP contribution in [0.15, 0.2) is 112 Å². The molecule has 17 heteroatoms. The van der Waals surface area contributed by atoms with Crippen LogP contribution in [0.4, 0.5) is 4.39 Å². The molecule has 5 aromatic heterocycles. The number of halogens is 1. The van der Waals surface area contributed by atoms with Crippen molar-refractivity contribution in [2.45, 2.75) is 218 Å². The van der Waals surface area contributed by atoms with Gasteiger partial charge in [-0.1, -0.05) is 52.7 Å². The maximum Gasteiger partial charge on any atom is 0.247 e. The number of imidazole rings is 2. The second-order valence-electron chi connectivity index (χ2n) is 29.5. The van der Waals surface area contributed by atoms with E-state index in [4.69, 9.17) is 12.8 Å². The summed E-state index contributed by atoms with van der Waals surface area (Å²) >= 11 is 0. The van der Waals surface area contributed by atoms with Crippen LogP contribution >= 0.6 is 0 Å². The number of terminal acetylenes is 2. The molecule has 1 atom stereocenters. The smallest absolute Gasteiger partial charge is 0.247 e. The van der Waals surface area contributed by atoms with Crippen molar-refractivity contribution in [3.8, 4) is 24.7 Å². The van der Waals surface area contributed by atoms with E-state index in [0.29, 0.717) is 22.9 Å². The summed E-state index contributed by atoms with van der Waals surface area (Å²) in [5, 5.41) is 12.1. The number of amides is 3. The van der Waals surface area contributed by atoms with Crippen LogP contribution in [0, 0.1) is 42.0 Å². The lowest BCUT2D eigenvalue weighted by molar-refractivity contribution is -0.131. The molecule has 484 valence electrons. The van der Waals surface area contributed by atoms with Gasteiger partial charge in [0, 0.05) is 104 Å². The molecule has 8 heterocycles. The van der Waals surface area contributed by atoms with E-state index in [0.717, 1.165) is 50.5 Å². The lowest BCUT2D eigenvalue weighted by Gasteiger charge is -2.36. The van der Waals surface area contributed by atoms with Gasteiger partial charge in [0.15, 0.2) is 5.82 Å². The van der Waals surface area contributed by atoms with Crippen molar-refractivity contribution in [1.29, 1.82) is 0 Å². The Bertz CT molecular complexity index is 3140. The van der Waals surface area contributed by atoms with E-state index in [1.807, 2.05) is 119 Å². The highest BCUT2D eigenvalue weighted by Crippen LogP contribution is 2.33. The second-order valence-corrected chi connectivity index (χ2v) is 29.5. The van der Waals surface area contributed by atoms with Gasteiger partial charge in [-0.3, -0.25) is 28.4 Å². The third kappa shape index (κ3) is 27.1. The van der Waals surface area contributed by atoms with E-state index in [1.54, 1.807) is 47.6 Å². The summed E-state index contributed by atoms with van der Waals surface area (Å²) in [6.45, 7) is 64.5. The monoisotopic (exact) mass is 1210 g/mol. The molecule has 0 spiro atoms. The number of rotatable bonds is 3. The Morgan fingerprint density at radius 1 is 0.568 bits per heavy atom. The van der Waals surface area contributed by atoms with Crippen molar-refractivity contribution in [3.05, 3.63) is 141 Å². The van der Waals surface area contributed by atoms with Crippen LogP contribution in [0.1, 0.15) is 202 Å². The minimum Gasteiger partial charge on any atom is -0.339 e. The van der Waals surface area contributed by atoms with Crippen molar-refractivity contribution in [2.75, 3.05) is 26.2 Å². The molecule has 0 radical (unpaired) electrons. The number of carbonyl (C=O) groups is 3. The molecule has 1 saturated heterocycles. The summed E-state index contributed by atoms with van der Waals surface area (Å²) < 4.78 is 21.8. The summed E-state index contributed by atoms with van der Waals surface area (Å²) in [4.78, 5) is 47.4. The molecule has 0 aromatic carbocycles. The fourth-order valence-electron chi connectivity index (χ4n) is 8.35. The standard InChI is InChI=1S/C11H19NO.C9H14N2.C9H12N2.C9H14N2.C9H12N2.C9H15NO.C8H13NO.C7H11FN2/c1-5-10(13)12-7-6-9(8-12)11(2,3)4;2*1-5-8-10-6-7-11(8)9(2,3)4;2*1-5-8-6-7-11(10-8)9(2,3)4;1-9(2,3)10-7-5-4-6-8(10)11;1-8(2,3)9-6-4-5-7(9)10;1-7(2,3)10-5-4-6(8)9-10/h5,9H,1,6-8H2,2-4H3;5-7H,1H2,2-4H3;1,6-7H,2-4H3;5-7H,1H2,2-4H3;1,6-7H,2-4H3;4,6H,5,7H2,1-3H3;4-5H,6H2,1-3H3;4-5H,1-3H3. The molecule has 3 aliphatic heterocycles. The van der Waals surface area contributed by atoms with Crippen molar-refractivity contribution >= 4 is 29.9 Å². The second kappa shape index (κ2) is 33.0. The molecule has 16 nitrogen and oxygen atoms in total. The van der Waals surface area contributed by atoms with Crippen LogP contribution < -0.4 is 0 Å². The first kappa shape index (κ1) is 78.2. The Morgan fingerprint density at radius 3 is 1.36 bits per heavy atom. The average molecular weight is 1210 g/mol. The molecular weight excluding hydrogens is 1100 g/mol. The first-order chi connectivity index (χ1) is 40.2. The van der Waals surface area contributed by atoms with Gasteiger partial charge < -0.3 is 23.8 Å². The van der Waals surface area contributed by atoms with Gasteiger partial charge in [-0.05, 0) is 218 Å². The number of nitrogens with zero attached hydrogens (tertiary/aromatic N) is 13. The average Bonchev–Trinajstić information content (AvgIpc) is 4.45. The number of carbonyl (C=O) groups excluding carboxylic acids is 3. The summed E-state index contributed by atoms with van der Waals surface area (Å²) in [5.41, 5.74) is 1.98. The molecule has 1 unspecified atom stereocenters. The lowest BCUT2D eigenvalue weighted by atomic mass is 9.80. The molecule has 0 bridgehead atoms. The van der Waals surface area contributed by atoms with Crippen LogP contribution in [0.25, 0.3) is 12.2 Å². The van der Waals surface area contributed by atoms with Crippen molar-refractivity contribution in [2.24, 2.45) is 11.3 Å². The highest BCUT2D eigenvalue weighted by Gasteiger charge is 2.33. The molecule has 8 rings (SSSR count). The lowest BCUT2D eigenvalue weighted by Crippen LogP contribution is -2.46. The summed E-state index contributed by atoms with van der Waals surface area (Å²) in [6, 6.07) is 5.15. The fraction of sp³-hybridized carbons (Fsp3) is 0.549. The minimum absolute atomic E-state index is 0.0229. The van der Waals surface area contributed by atoms with E-state index < -0.39 is 5.95 Å². The Kier molecular flexibility index (Phi) is 29.3. The van der Waals surface area contributed by atoms with Crippen LogP contribution in [0.3, 0.4) is 0 Å². The first-order valence-electron chi connectivity index (χ1n) is 30.1. The zero-order valence-corrected chi connectivity index (χ0v) is 58.3. The number of likely N-dealkylation sites (tertiary alicyclic amines) is 1. The van der Waals surface area contributed by atoms with Crippen molar-refractivity contribution in [1.82, 2.24) is 63.1 Å². The zero-order valence-electron chi connectivity index (χ0n) is 58.3. The van der Waals surface area contributed by atoms with Gasteiger partial charge in [0.2, 0.25) is 23.7 Å². The summed E-state index contributed by atoms with van der Waals surface area (Å²) in [7, 11) is 0. The maximum absolute atomic E-state index is 12.3. The Labute approximate surface area is 530 Å². The molecule has 88 heavy (non-hydrogen) atoms.